The van der Waals surface area contributed by atoms with E-state index in [1.54, 1.807) is 6.92 Å². The summed E-state index contributed by atoms with van der Waals surface area (Å²) in [7, 11) is 0. The summed E-state index contributed by atoms with van der Waals surface area (Å²) in [4.78, 5) is 0. The molecule has 0 unspecified atom stereocenters. The summed E-state index contributed by atoms with van der Waals surface area (Å²) in [5.41, 5.74) is -4.18. The van der Waals surface area contributed by atoms with Crippen molar-refractivity contribution in [2.75, 3.05) is 0 Å². The Morgan fingerprint density at radius 1 is 0.818 bits per heavy atom. The smallest absolute Gasteiger partial charge is 0.426 e. The van der Waals surface area contributed by atoms with Crippen LogP contribution in [0.15, 0.2) is 122 Å². The minimum absolute atomic E-state index is 0.108. The molecule has 0 N–H and O–H groups in total. The third-order valence-corrected chi connectivity index (χ3v) is 3.62. The van der Waals surface area contributed by atoms with Gasteiger partial charge in [-0.15, -0.1) is 13.2 Å². The van der Waals surface area contributed by atoms with Crippen molar-refractivity contribution in [3.05, 3.63) is 122 Å². The van der Waals surface area contributed by atoms with Crippen LogP contribution in [0, 0.1) is 0 Å². The molecule has 0 atom stereocenters. The molecule has 0 rings (SSSR count). The maximum atomic E-state index is 14.2. The molecule has 0 saturated carbocycles. The molecule has 1 nitrogen and oxygen atoms in total. The second kappa shape index (κ2) is 13.2. The number of halogens is 8. The monoisotopic (exact) mass is 480 g/mol. The largest absolute Gasteiger partial charge is 0.426 e. The standard InChI is InChI=1S/C22H20F8O.C2H4/c1-8-12(2)9-10-14(4)22(29,30)31-17(7)20(25)19(24)15(5)13(3)11-18(23)16(6)21(26,27)28;1-2/h9-11H,2-8H2,1H3;1-2H2/b10-9-,18-11+,20-19-;. The lowest BCUT2D eigenvalue weighted by Crippen LogP contribution is -2.22. The first kappa shape index (κ1) is 31.8. The number of hydrogen-bond acceptors (Lipinski definition) is 1. The van der Waals surface area contributed by atoms with Crippen molar-refractivity contribution in [1.82, 2.24) is 0 Å². The molecular weight excluding hydrogens is 456 g/mol. The van der Waals surface area contributed by atoms with Gasteiger partial charge in [0.15, 0.2) is 11.6 Å². The van der Waals surface area contributed by atoms with Gasteiger partial charge in [-0.1, -0.05) is 58.0 Å². The van der Waals surface area contributed by atoms with Crippen LogP contribution in [0.1, 0.15) is 13.3 Å². The predicted molar refractivity (Wildman–Crippen MR) is 116 cm³/mol. The Morgan fingerprint density at radius 3 is 1.73 bits per heavy atom. The molecule has 0 bridgehead atoms. The van der Waals surface area contributed by atoms with Crippen LogP contribution in [0.4, 0.5) is 35.1 Å². The molecule has 0 radical (unpaired) electrons. The molecule has 0 aliphatic rings. The van der Waals surface area contributed by atoms with Gasteiger partial charge in [-0.2, -0.15) is 26.3 Å². The molecule has 0 spiro atoms. The lowest BCUT2D eigenvalue weighted by atomic mass is 10.1. The van der Waals surface area contributed by atoms with Gasteiger partial charge in [0.05, 0.1) is 11.1 Å². The zero-order valence-electron chi connectivity index (χ0n) is 18.0. The molecule has 0 aromatic carbocycles. The first-order chi connectivity index (χ1) is 15.0. The summed E-state index contributed by atoms with van der Waals surface area (Å²) in [5, 5.41) is 0. The Morgan fingerprint density at radius 2 is 1.30 bits per heavy atom. The average molecular weight is 480 g/mol. The maximum Gasteiger partial charge on any atom is 0.426 e. The van der Waals surface area contributed by atoms with E-state index in [0.717, 1.165) is 6.08 Å². The molecule has 0 aromatic heterocycles. The zero-order valence-corrected chi connectivity index (χ0v) is 18.0. The van der Waals surface area contributed by atoms with Crippen molar-refractivity contribution in [3.63, 3.8) is 0 Å². The average Bonchev–Trinajstić information content (AvgIpc) is 2.74. The molecule has 182 valence electrons. The Balaban J connectivity index is 0. The lowest BCUT2D eigenvalue weighted by Gasteiger charge is -2.19. The van der Waals surface area contributed by atoms with E-state index in [1.807, 2.05) is 0 Å². The van der Waals surface area contributed by atoms with Crippen LogP contribution in [-0.4, -0.2) is 12.3 Å². The number of alkyl halides is 5. The number of ether oxygens (including phenoxy) is 1. The normalized spacial score (nSPS) is 12.8. The van der Waals surface area contributed by atoms with Gasteiger partial charge >= 0.3 is 12.3 Å². The molecule has 0 aromatic rings. The van der Waals surface area contributed by atoms with Crippen molar-refractivity contribution < 1.29 is 39.9 Å². The molecule has 0 aliphatic carbocycles. The van der Waals surface area contributed by atoms with E-state index in [2.05, 4.69) is 57.4 Å². The molecule has 9 heteroatoms. The Hall–Kier alpha value is -3.36. The van der Waals surface area contributed by atoms with Crippen LogP contribution in [0.2, 0.25) is 0 Å². The SMILES string of the molecule is C=C.C=C(/C=C\C(=C)C(F)(F)OC(=C)/C(F)=C(/F)C(=C)C(=C)/C=C(/F)C(=C)C(F)(F)F)CC. The van der Waals surface area contributed by atoms with Crippen LogP contribution >= 0.6 is 0 Å². The highest BCUT2D eigenvalue weighted by Gasteiger charge is 2.37. The summed E-state index contributed by atoms with van der Waals surface area (Å²) in [5.74, 6) is -7.40. The molecule has 0 aliphatic heterocycles. The fourth-order valence-corrected chi connectivity index (χ4v) is 1.56. The van der Waals surface area contributed by atoms with E-state index in [9.17, 15) is 35.1 Å². The Labute approximate surface area is 188 Å². The van der Waals surface area contributed by atoms with E-state index in [-0.39, 0.29) is 6.08 Å². The van der Waals surface area contributed by atoms with Crippen molar-refractivity contribution in [2.45, 2.75) is 25.6 Å². The zero-order chi connectivity index (χ0) is 26.7. The topological polar surface area (TPSA) is 9.23 Å². The van der Waals surface area contributed by atoms with Crippen LogP contribution in [0.5, 0.6) is 0 Å². The summed E-state index contributed by atoms with van der Waals surface area (Å²) in [6.45, 7) is 25.7. The van der Waals surface area contributed by atoms with Gasteiger partial charge in [-0.05, 0) is 24.1 Å². The van der Waals surface area contributed by atoms with Gasteiger partial charge in [-0.3, -0.25) is 0 Å². The van der Waals surface area contributed by atoms with Crippen molar-refractivity contribution >= 4 is 0 Å². The first-order valence-corrected chi connectivity index (χ1v) is 8.84. The third kappa shape index (κ3) is 10.2. The van der Waals surface area contributed by atoms with Crippen molar-refractivity contribution in [2.24, 2.45) is 0 Å². The third-order valence-electron chi connectivity index (χ3n) is 3.62. The van der Waals surface area contributed by atoms with E-state index in [4.69, 9.17) is 0 Å². The molecular formula is C24H24F8O. The van der Waals surface area contributed by atoms with Gasteiger partial charge in [0, 0.05) is 5.57 Å². The number of allylic oxidation sites excluding steroid dienone is 9. The van der Waals surface area contributed by atoms with Gasteiger partial charge < -0.3 is 4.74 Å². The van der Waals surface area contributed by atoms with Gasteiger partial charge in [-0.25, -0.2) is 8.78 Å². The Bertz CT molecular complexity index is 911. The Kier molecular flexibility index (Phi) is 12.8. The molecule has 0 amide bonds. The van der Waals surface area contributed by atoms with Crippen LogP contribution in [0.25, 0.3) is 0 Å². The maximum absolute atomic E-state index is 14.2. The molecule has 0 saturated heterocycles. The van der Waals surface area contributed by atoms with E-state index >= 15 is 0 Å². The second-order valence-corrected chi connectivity index (χ2v) is 6.01. The second-order valence-electron chi connectivity index (χ2n) is 6.01. The highest BCUT2D eigenvalue weighted by molar-refractivity contribution is 5.51. The van der Waals surface area contributed by atoms with Crippen LogP contribution < -0.4 is 0 Å². The molecule has 0 heterocycles. The highest BCUT2D eigenvalue weighted by Crippen LogP contribution is 2.35. The lowest BCUT2D eigenvalue weighted by molar-refractivity contribution is -0.178. The fraction of sp³-hybridized carbons (Fsp3) is 0.167. The first-order valence-electron chi connectivity index (χ1n) is 8.84. The van der Waals surface area contributed by atoms with Crippen molar-refractivity contribution in [1.29, 1.82) is 0 Å². The minimum Gasteiger partial charge on any atom is -0.426 e. The van der Waals surface area contributed by atoms with E-state index in [0.29, 0.717) is 12.0 Å². The summed E-state index contributed by atoms with van der Waals surface area (Å²) >= 11 is 0. The highest BCUT2D eigenvalue weighted by atomic mass is 19.4. The molecule has 33 heavy (non-hydrogen) atoms. The summed E-state index contributed by atoms with van der Waals surface area (Å²) < 4.78 is 111. The quantitative estimate of drug-likeness (QED) is 0.124. The number of hydrogen-bond donors (Lipinski definition) is 0. The fourth-order valence-electron chi connectivity index (χ4n) is 1.56. The van der Waals surface area contributed by atoms with Gasteiger partial charge in [0.2, 0.25) is 5.83 Å². The number of rotatable bonds is 11. The van der Waals surface area contributed by atoms with E-state index < -0.39 is 57.8 Å². The van der Waals surface area contributed by atoms with Gasteiger partial charge in [0.25, 0.3) is 0 Å². The van der Waals surface area contributed by atoms with Crippen molar-refractivity contribution in [3.8, 4) is 0 Å². The van der Waals surface area contributed by atoms with Crippen LogP contribution in [-0.2, 0) is 4.74 Å². The minimum atomic E-state index is -5.12. The van der Waals surface area contributed by atoms with E-state index in [1.165, 1.54) is 6.08 Å². The van der Waals surface area contributed by atoms with Gasteiger partial charge in [0.1, 0.15) is 5.83 Å². The van der Waals surface area contributed by atoms with Crippen LogP contribution in [0.3, 0.4) is 0 Å². The summed E-state index contributed by atoms with van der Waals surface area (Å²) in [6.07, 6.45) is -6.65. The molecule has 0 fully saturated rings. The summed E-state index contributed by atoms with van der Waals surface area (Å²) in [6, 6.07) is 0. The predicted octanol–water partition coefficient (Wildman–Crippen LogP) is 9.23.